The lowest BCUT2D eigenvalue weighted by atomic mass is 9.84. The summed E-state index contributed by atoms with van der Waals surface area (Å²) in [5.74, 6) is 0.0661. The van der Waals surface area contributed by atoms with Gasteiger partial charge >= 0.3 is 0 Å². The number of nitrogens with one attached hydrogen (secondary N) is 1. The molecule has 1 saturated carbocycles. The second kappa shape index (κ2) is 10.6. The van der Waals surface area contributed by atoms with Crippen molar-refractivity contribution in [3.05, 3.63) is 30.1 Å². The maximum absolute atomic E-state index is 13.9. The van der Waals surface area contributed by atoms with Gasteiger partial charge in [0, 0.05) is 45.1 Å². The van der Waals surface area contributed by atoms with E-state index in [4.69, 9.17) is 5.73 Å². The average Bonchev–Trinajstić information content (AvgIpc) is 2.73. The first-order valence-electron chi connectivity index (χ1n) is 10.8. The molecule has 1 saturated heterocycles. The fraction of sp³-hybridized carbons (Fsp3) is 0.636. The minimum atomic E-state index is -0.432. The van der Waals surface area contributed by atoms with E-state index in [9.17, 15) is 14.0 Å². The number of rotatable bonds is 8. The van der Waals surface area contributed by atoms with E-state index < -0.39 is 5.91 Å². The predicted octanol–water partition coefficient (Wildman–Crippen LogP) is 2.28. The number of benzene rings is 1. The van der Waals surface area contributed by atoms with Gasteiger partial charge in [-0.2, -0.15) is 0 Å². The smallest absolute Gasteiger partial charge is 0.220 e. The van der Waals surface area contributed by atoms with Crippen LogP contribution in [0.1, 0.15) is 44.9 Å². The first-order valence-corrected chi connectivity index (χ1v) is 10.8. The third kappa shape index (κ3) is 6.70. The summed E-state index contributed by atoms with van der Waals surface area (Å²) < 4.78 is 13.9. The minimum Gasteiger partial charge on any atom is -0.370 e. The molecule has 0 radical (unpaired) electrons. The van der Waals surface area contributed by atoms with Gasteiger partial charge in [0.2, 0.25) is 11.8 Å². The number of para-hydroxylation sites is 1. The normalized spacial score (nSPS) is 23.0. The Kier molecular flexibility index (Phi) is 7.86. The Hall–Kier alpha value is -2.15. The van der Waals surface area contributed by atoms with E-state index in [0.29, 0.717) is 11.6 Å². The summed E-state index contributed by atoms with van der Waals surface area (Å²) >= 11 is 0. The molecule has 3 rings (SSSR count). The first-order chi connectivity index (χ1) is 14.0. The lowest BCUT2D eigenvalue weighted by Crippen LogP contribution is -2.47. The molecule has 29 heavy (non-hydrogen) atoms. The molecular formula is C22H33FN4O2. The quantitative estimate of drug-likeness (QED) is 0.697. The zero-order chi connectivity index (χ0) is 20.6. The van der Waals surface area contributed by atoms with Crippen molar-refractivity contribution in [2.45, 2.75) is 51.0 Å². The Morgan fingerprint density at radius 3 is 2.38 bits per heavy atom. The van der Waals surface area contributed by atoms with Crippen LogP contribution >= 0.6 is 0 Å². The first kappa shape index (κ1) is 21.6. The number of halogens is 1. The second-order valence-electron chi connectivity index (χ2n) is 8.32. The number of amides is 2. The molecular weight excluding hydrogens is 371 g/mol. The molecule has 2 fully saturated rings. The summed E-state index contributed by atoms with van der Waals surface area (Å²) in [5, 5.41) is 3.03. The van der Waals surface area contributed by atoms with Gasteiger partial charge in [-0.3, -0.25) is 14.5 Å². The van der Waals surface area contributed by atoms with Gasteiger partial charge < -0.3 is 16.0 Å². The molecule has 0 bridgehead atoms. The predicted molar refractivity (Wildman–Crippen MR) is 112 cm³/mol. The van der Waals surface area contributed by atoms with Crippen molar-refractivity contribution < 1.29 is 14.0 Å². The van der Waals surface area contributed by atoms with E-state index in [2.05, 4.69) is 15.1 Å². The van der Waals surface area contributed by atoms with E-state index in [0.717, 1.165) is 58.4 Å². The van der Waals surface area contributed by atoms with Crippen LogP contribution < -0.4 is 16.0 Å². The number of primary amides is 1. The van der Waals surface area contributed by atoms with Crippen molar-refractivity contribution in [3.63, 3.8) is 0 Å². The highest BCUT2D eigenvalue weighted by atomic mass is 19.1. The fourth-order valence-corrected chi connectivity index (χ4v) is 4.42. The fourth-order valence-electron chi connectivity index (χ4n) is 4.42. The molecule has 2 amide bonds. The van der Waals surface area contributed by atoms with Crippen molar-refractivity contribution in [2.24, 2.45) is 11.7 Å². The van der Waals surface area contributed by atoms with Crippen molar-refractivity contribution in [3.8, 4) is 0 Å². The van der Waals surface area contributed by atoms with E-state index >= 15 is 0 Å². The van der Waals surface area contributed by atoms with Crippen LogP contribution in [0.3, 0.4) is 0 Å². The van der Waals surface area contributed by atoms with Crippen molar-refractivity contribution in [1.82, 2.24) is 10.2 Å². The van der Waals surface area contributed by atoms with Crippen LogP contribution in [0.15, 0.2) is 24.3 Å². The van der Waals surface area contributed by atoms with Gasteiger partial charge in [-0.05, 0) is 56.7 Å². The molecule has 1 aliphatic heterocycles. The van der Waals surface area contributed by atoms with E-state index in [1.165, 1.54) is 12.5 Å². The minimum absolute atomic E-state index is 0.0695. The van der Waals surface area contributed by atoms with Crippen molar-refractivity contribution in [1.29, 1.82) is 0 Å². The maximum Gasteiger partial charge on any atom is 0.220 e. The summed E-state index contributed by atoms with van der Waals surface area (Å²) in [6.45, 7) is 4.76. The zero-order valence-corrected chi connectivity index (χ0v) is 17.1. The lowest BCUT2D eigenvalue weighted by molar-refractivity contribution is -0.125. The molecule has 3 N–H and O–H groups in total. The molecule has 0 atom stereocenters. The third-order valence-electron chi connectivity index (χ3n) is 6.23. The highest BCUT2D eigenvalue weighted by Crippen LogP contribution is 2.27. The molecule has 0 aromatic heterocycles. The standard InChI is InChI=1S/C22H33FN4O2/c23-19-3-1-2-4-20(19)27-15-13-26(14-16-27)12-11-17-5-7-18(8-6-17)25-22(29)10-9-21(24)28/h1-4,17-18H,5-16H2,(H2,24,28)(H,25,29). The van der Waals surface area contributed by atoms with Gasteiger partial charge in [0.1, 0.15) is 5.82 Å². The molecule has 6 nitrogen and oxygen atoms in total. The van der Waals surface area contributed by atoms with Crippen LogP contribution in [-0.4, -0.2) is 55.5 Å². The Morgan fingerprint density at radius 2 is 1.72 bits per heavy atom. The summed E-state index contributed by atoms with van der Waals surface area (Å²) in [6, 6.07) is 7.24. The molecule has 0 spiro atoms. The molecule has 0 unspecified atom stereocenters. The number of carbonyl (C=O) groups excluding carboxylic acids is 2. The summed E-state index contributed by atoms with van der Waals surface area (Å²) in [5.41, 5.74) is 5.80. The molecule has 160 valence electrons. The van der Waals surface area contributed by atoms with Gasteiger partial charge in [0.15, 0.2) is 0 Å². The number of piperazine rings is 1. The Bertz CT molecular complexity index is 683. The Balaban J connectivity index is 1.31. The zero-order valence-electron chi connectivity index (χ0n) is 17.1. The second-order valence-corrected chi connectivity index (χ2v) is 8.32. The van der Waals surface area contributed by atoms with Crippen molar-refractivity contribution in [2.75, 3.05) is 37.6 Å². The molecule has 1 aromatic carbocycles. The Morgan fingerprint density at radius 1 is 1.03 bits per heavy atom. The monoisotopic (exact) mass is 404 g/mol. The largest absolute Gasteiger partial charge is 0.370 e. The molecule has 1 aromatic rings. The SMILES string of the molecule is NC(=O)CCC(=O)NC1CCC(CCN2CCN(c3ccccc3F)CC2)CC1. The number of nitrogens with two attached hydrogens (primary N) is 1. The lowest BCUT2D eigenvalue weighted by Gasteiger charge is -2.37. The van der Waals surface area contributed by atoms with Crippen LogP contribution in [0.2, 0.25) is 0 Å². The average molecular weight is 405 g/mol. The topological polar surface area (TPSA) is 78.7 Å². The van der Waals surface area contributed by atoms with E-state index in [-0.39, 0.29) is 30.6 Å². The molecule has 1 heterocycles. The van der Waals surface area contributed by atoms with Crippen molar-refractivity contribution >= 4 is 17.5 Å². The third-order valence-corrected chi connectivity index (χ3v) is 6.23. The van der Waals surface area contributed by atoms with Gasteiger partial charge in [0.25, 0.3) is 0 Å². The van der Waals surface area contributed by atoms with Gasteiger partial charge in [-0.25, -0.2) is 4.39 Å². The number of hydrogen-bond acceptors (Lipinski definition) is 4. The number of hydrogen-bond donors (Lipinski definition) is 2. The van der Waals surface area contributed by atoms with E-state index in [1.807, 2.05) is 12.1 Å². The van der Waals surface area contributed by atoms with Crippen LogP contribution in [-0.2, 0) is 9.59 Å². The number of nitrogens with zero attached hydrogens (tertiary/aromatic N) is 2. The number of carbonyl (C=O) groups is 2. The Labute approximate surface area is 172 Å². The van der Waals surface area contributed by atoms with Gasteiger partial charge in [-0.1, -0.05) is 12.1 Å². The van der Waals surface area contributed by atoms with Gasteiger partial charge in [0.05, 0.1) is 5.69 Å². The summed E-state index contributed by atoms with van der Waals surface area (Å²) in [7, 11) is 0. The van der Waals surface area contributed by atoms with Crippen LogP contribution in [0, 0.1) is 11.7 Å². The number of anilines is 1. The maximum atomic E-state index is 13.9. The van der Waals surface area contributed by atoms with Gasteiger partial charge in [-0.15, -0.1) is 0 Å². The highest BCUT2D eigenvalue weighted by Gasteiger charge is 2.24. The summed E-state index contributed by atoms with van der Waals surface area (Å²) in [6.07, 6.45) is 5.77. The van der Waals surface area contributed by atoms with E-state index in [1.54, 1.807) is 6.07 Å². The molecule has 1 aliphatic carbocycles. The summed E-state index contributed by atoms with van der Waals surface area (Å²) in [4.78, 5) is 27.2. The van der Waals surface area contributed by atoms with Crippen LogP contribution in [0.25, 0.3) is 0 Å². The highest BCUT2D eigenvalue weighted by molar-refractivity contribution is 5.82. The molecule has 7 heteroatoms. The van der Waals surface area contributed by atoms with Crippen LogP contribution in [0.4, 0.5) is 10.1 Å². The molecule has 2 aliphatic rings. The van der Waals surface area contributed by atoms with Crippen LogP contribution in [0.5, 0.6) is 0 Å².